The Hall–Kier alpha value is -3.93. The third kappa shape index (κ3) is 3.34. The van der Waals surface area contributed by atoms with Crippen molar-refractivity contribution in [2.24, 2.45) is 0 Å². The summed E-state index contributed by atoms with van der Waals surface area (Å²) in [6, 6.07) is 22.3. The molecule has 5 aromatic rings. The molecule has 0 aliphatic rings. The number of fused-ring (bicyclic) bond motifs is 1. The van der Waals surface area contributed by atoms with Crippen molar-refractivity contribution >= 4 is 23.6 Å². The number of imidazole rings is 1. The minimum absolute atomic E-state index is 0.767. The number of para-hydroxylation sites is 2. The van der Waals surface area contributed by atoms with Crippen molar-refractivity contribution in [2.75, 3.05) is 14.2 Å². The lowest BCUT2D eigenvalue weighted by Gasteiger charge is -2.10. The molecule has 5 nitrogen and oxygen atoms in total. The molecule has 0 unspecified atom stereocenters. The number of methoxy groups -OCH3 is 2. The standard InChI is InChI=1S/C26H23BN3O2/c1-27-16-12-13-21-19(14-16)20(15-28-21)26-29-24(17-8-4-6-10-22(17)31-2)25(30-26)18-9-5-7-11-23(18)32-3/h4-15,28H,1-3H3,(H,29,30). The summed E-state index contributed by atoms with van der Waals surface area (Å²) in [6.07, 6.45) is 2.00. The first-order valence-corrected chi connectivity index (χ1v) is 10.5. The Morgan fingerprint density at radius 3 is 2.22 bits per heavy atom. The van der Waals surface area contributed by atoms with E-state index in [1.165, 1.54) is 5.46 Å². The second kappa shape index (κ2) is 8.31. The number of hydrogen-bond donors (Lipinski definition) is 2. The van der Waals surface area contributed by atoms with E-state index in [4.69, 9.17) is 14.5 Å². The van der Waals surface area contributed by atoms with Crippen LogP contribution in [0.2, 0.25) is 6.82 Å². The predicted octanol–water partition coefficient (Wildman–Crippen LogP) is 5.29. The van der Waals surface area contributed by atoms with Crippen LogP contribution in [0, 0.1) is 0 Å². The lowest BCUT2D eigenvalue weighted by Crippen LogP contribution is -2.08. The molecule has 0 bridgehead atoms. The maximum Gasteiger partial charge on any atom is 0.148 e. The number of aromatic nitrogens is 3. The highest BCUT2D eigenvalue weighted by atomic mass is 16.5. The van der Waals surface area contributed by atoms with Gasteiger partial charge in [-0.25, -0.2) is 4.98 Å². The molecule has 2 N–H and O–H groups in total. The molecule has 3 aromatic carbocycles. The summed E-state index contributed by atoms with van der Waals surface area (Å²) in [5.74, 6) is 2.33. The molecular formula is C26H23BN3O2. The van der Waals surface area contributed by atoms with Gasteiger partial charge in [0, 0.05) is 33.8 Å². The summed E-state index contributed by atoms with van der Waals surface area (Å²) in [5, 5.41) is 1.12. The molecule has 0 spiro atoms. The zero-order chi connectivity index (χ0) is 22.1. The number of hydrogen-bond acceptors (Lipinski definition) is 3. The molecule has 157 valence electrons. The van der Waals surface area contributed by atoms with Gasteiger partial charge in [0.15, 0.2) is 0 Å². The van der Waals surface area contributed by atoms with Crippen molar-refractivity contribution in [1.29, 1.82) is 0 Å². The van der Waals surface area contributed by atoms with E-state index in [0.29, 0.717) is 0 Å². The number of nitrogens with one attached hydrogen (secondary N) is 2. The van der Waals surface area contributed by atoms with Crippen molar-refractivity contribution in [1.82, 2.24) is 15.0 Å². The quantitative estimate of drug-likeness (QED) is 0.367. The predicted molar refractivity (Wildman–Crippen MR) is 131 cm³/mol. The highest BCUT2D eigenvalue weighted by Crippen LogP contribution is 2.41. The molecule has 0 aliphatic heterocycles. The second-order valence-electron chi connectivity index (χ2n) is 7.51. The molecule has 2 aromatic heterocycles. The van der Waals surface area contributed by atoms with E-state index in [2.05, 4.69) is 35.4 Å². The Labute approximate surface area is 187 Å². The fourth-order valence-electron chi connectivity index (χ4n) is 4.10. The number of benzene rings is 3. The molecule has 5 rings (SSSR count). The van der Waals surface area contributed by atoms with Crippen molar-refractivity contribution < 1.29 is 9.47 Å². The highest BCUT2D eigenvalue weighted by Gasteiger charge is 2.21. The van der Waals surface area contributed by atoms with Crippen LogP contribution in [0.1, 0.15) is 0 Å². The lowest BCUT2D eigenvalue weighted by molar-refractivity contribution is 0.415. The smallest absolute Gasteiger partial charge is 0.148 e. The van der Waals surface area contributed by atoms with Gasteiger partial charge in [-0.15, -0.1) is 0 Å². The Balaban J connectivity index is 1.77. The number of aromatic amines is 2. The highest BCUT2D eigenvalue weighted by molar-refractivity contribution is 6.52. The van der Waals surface area contributed by atoms with Crippen molar-refractivity contribution in [3.05, 3.63) is 72.9 Å². The molecule has 0 amide bonds. The second-order valence-corrected chi connectivity index (χ2v) is 7.51. The van der Waals surface area contributed by atoms with Crippen LogP contribution in [0.15, 0.2) is 72.9 Å². The number of ether oxygens (including phenoxy) is 2. The lowest BCUT2D eigenvalue weighted by atomic mass is 9.73. The zero-order valence-corrected chi connectivity index (χ0v) is 18.3. The van der Waals surface area contributed by atoms with E-state index in [9.17, 15) is 0 Å². The minimum Gasteiger partial charge on any atom is -0.496 e. The van der Waals surface area contributed by atoms with Gasteiger partial charge in [-0.05, 0) is 30.3 Å². The molecule has 0 fully saturated rings. The molecule has 0 saturated carbocycles. The first-order chi connectivity index (χ1) is 15.7. The van der Waals surface area contributed by atoms with E-state index in [-0.39, 0.29) is 0 Å². The van der Waals surface area contributed by atoms with Gasteiger partial charge in [0.1, 0.15) is 30.3 Å². The number of H-pyrrole nitrogens is 2. The fraction of sp³-hybridized carbons (Fsp3) is 0.115. The van der Waals surface area contributed by atoms with Crippen LogP contribution < -0.4 is 14.9 Å². The number of nitrogens with zero attached hydrogens (tertiary/aromatic N) is 1. The van der Waals surface area contributed by atoms with E-state index in [1.54, 1.807) is 14.2 Å². The summed E-state index contributed by atoms with van der Waals surface area (Å²) in [6.45, 7) is 2.04. The van der Waals surface area contributed by atoms with E-state index < -0.39 is 0 Å². The molecular weight excluding hydrogens is 397 g/mol. The minimum atomic E-state index is 0.767. The van der Waals surface area contributed by atoms with Crippen LogP contribution in [0.5, 0.6) is 11.5 Å². The zero-order valence-electron chi connectivity index (χ0n) is 18.3. The van der Waals surface area contributed by atoms with Gasteiger partial charge >= 0.3 is 0 Å². The van der Waals surface area contributed by atoms with Crippen LogP contribution in [-0.2, 0) is 0 Å². The first-order valence-electron chi connectivity index (χ1n) is 10.5. The molecule has 6 heteroatoms. The van der Waals surface area contributed by atoms with Gasteiger partial charge < -0.3 is 19.4 Å². The average Bonchev–Trinajstić information content (AvgIpc) is 3.47. The van der Waals surface area contributed by atoms with Crippen molar-refractivity contribution in [3.63, 3.8) is 0 Å². The Morgan fingerprint density at radius 1 is 0.812 bits per heavy atom. The molecule has 0 aliphatic carbocycles. The van der Waals surface area contributed by atoms with E-state index in [1.807, 2.05) is 61.6 Å². The van der Waals surface area contributed by atoms with Crippen molar-refractivity contribution in [3.8, 4) is 45.4 Å². The van der Waals surface area contributed by atoms with Gasteiger partial charge in [-0.1, -0.05) is 48.7 Å². The molecule has 1 radical (unpaired) electrons. The SMILES string of the molecule is C[B]c1ccc2[nH]cc(-c3nc(-c4ccccc4OC)c(-c4ccccc4OC)[nH]3)c2c1. The summed E-state index contributed by atoms with van der Waals surface area (Å²) in [4.78, 5) is 12.0. The van der Waals surface area contributed by atoms with E-state index >= 15 is 0 Å². The van der Waals surface area contributed by atoms with Gasteiger partial charge in [0.25, 0.3) is 0 Å². The van der Waals surface area contributed by atoms with Crippen LogP contribution in [0.25, 0.3) is 44.8 Å². The van der Waals surface area contributed by atoms with Gasteiger partial charge in [0.2, 0.25) is 0 Å². The third-order valence-electron chi connectivity index (χ3n) is 5.74. The molecule has 0 atom stereocenters. The van der Waals surface area contributed by atoms with Crippen molar-refractivity contribution in [2.45, 2.75) is 6.82 Å². The summed E-state index contributed by atoms with van der Waals surface area (Å²) >= 11 is 0. The van der Waals surface area contributed by atoms with Gasteiger partial charge in [-0.2, -0.15) is 0 Å². The largest absolute Gasteiger partial charge is 0.496 e. The molecule has 32 heavy (non-hydrogen) atoms. The summed E-state index contributed by atoms with van der Waals surface area (Å²) < 4.78 is 11.3. The van der Waals surface area contributed by atoms with Crippen LogP contribution in [-0.4, -0.2) is 36.5 Å². The average molecular weight is 420 g/mol. The van der Waals surface area contributed by atoms with Gasteiger partial charge in [-0.3, -0.25) is 0 Å². The number of rotatable bonds is 6. The Morgan fingerprint density at radius 2 is 1.50 bits per heavy atom. The first kappa shape index (κ1) is 20.0. The van der Waals surface area contributed by atoms with E-state index in [0.717, 1.165) is 56.3 Å². The van der Waals surface area contributed by atoms with Gasteiger partial charge in [0.05, 0.1) is 19.9 Å². The Kier molecular flexibility index (Phi) is 5.19. The maximum atomic E-state index is 5.66. The fourth-order valence-corrected chi connectivity index (χ4v) is 4.10. The van der Waals surface area contributed by atoms with Crippen LogP contribution in [0.4, 0.5) is 0 Å². The monoisotopic (exact) mass is 420 g/mol. The Bertz CT molecular complexity index is 1340. The molecule has 2 heterocycles. The summed E-state index contributed by atoms with van der Waals surface area (Å²) in [7, 11) is 5.46. The van der Waals surface area contributed by atoms with Crippen LogP contribution >= 0.6 is 0 Å². The normalized spacial score (nSPS) is 11.0. The van der Waals surface area contributed by atoms with Crippen LogP contribution in [0.3, 0.4) is 0 Å². The summed E-state index contributed by atoms with van der Waals surface area (Å²) in [5.41, 5.74) is 6.81. The topological polar surface area (TPSA) is 62.9 Å². The molecule has 0 saturated heterocycles. The maximum absolute atomic E-state index is 5.66. The third-order valence-corrected chi connectivity index (χ3v) is 5.74.